The number of carbonyl (C=O) groups excluding carboxylic acids is 2. The molecule has 2 amide bonds. The maximum atomic E-state index is 14.1. The minimum Gasteiger partial charge on any atom is -0.453 e. The van der Waals surface area contributed by atoms with E-state index < -0.39 is 18.1 Å². The van der Waals surface area contributed by atoms with Gasteiger partial charge in [0.1, 0.15) is 11.8 Å². The Kier molecular flexibility index (Phi) is 11.5. The Balaban J connectivity index is 1.28. The first-order chi connectivity index (χ1) is 22.3. The number of anilines is 1. The van der Waals surface area contributed by atoms with Crippen LogP contribution < -0.4 is 16.0 Å². The van der Waals surface area contributed by atoms with Gasteiger partial charge in [0.05, 0.1) is 25.0 Å². The number of amides is 2. The first-order valence-electron chi connectivity index (χ1n) is 15.6. The number of ether oxygens (including phenoxy) is 2. The van der Waals surface area contributed by atoms with Crippen LogP contribution in [-0.2, 0) is 20.7 Å². The van der Waals surface area contributed by atoms with Crippen LogP contribution in [0.15, 0.2) is 94.6 Å². The molecule has 1 aliphatic rings. The number of rotatable bonds is 12. The number of oxazole rings is 1. The topological polar surface area (TPSA) is 115 Å². The fourth-order valence-corrected chi connectivity index (χ4v) is 6.71. The molecule has 0 unspecified atom stereocenters. The average molecular weight is 643 g/mol. The Hall–Kier alpha value is -4.12. The molecule has 4 atom stereocenters. The first-order valence-corrected chi connectivity index (χ1v) is 16.6. The van der Waals surface area contributed by atoms with Crippen molar-refractivity contribution in [3.05, 3.63) is 113 Å². The summed E-state index contributed by atoms with van der Waals surface area (Å²) < 4.78 is 17.2. The Morgan fingerprint density at radius 3 is 2.28 bits per heavy atom. The highest BCUT2D eigenvalue weighted by Crippen LogP contribution is 2.30. The maximum Gasteiger partial charge on any atom is 0.407 e. The smallest absolute Gasteiger partial charge is 0.407 e. The molecular weight excluding hydrogens is 600 g/mol. The molecule has 1 aromatic heterocycles. The van der Waals surface area contributed by atoms with Gasteiger partial charge in [-0.15, -0.1) is 0 Å². The van der Waals surface area contributed by atoms with E-state index in [9.17, 15) is 9.59 Å². The van der Waals surface area contributed by atoms with E-state index in [0.29, 0.717) is 17.3 Å². The third kappa shape index (κ3) is 8.57. The monoisotopic (exact) mass is 642 g/mol. The maximum absolute atomic E-state index is 14.1. The number of nitrogens with one attached hydrogen (secondary N) is 3. The third-order valence-electron chi connectivity index (χ3n) is 8.38. The van der Waals surface area contributed by atoms with E-state index in [1.807, 2.05) is 98.8 Å². The van der Waals surface area contributed by atoms with Gasteiger partial charge in [0.25, 0.3) is 5.22 Å². The largest absolute Gasteiger partial charge is 0.453 e. The van der Waals surface area contributed by atoms with Crippen molar-refractivity contribution in [1.82, 2.24) is 15.6 Å². The van der Waals surface area contributed by atoms with E-state index in [-0.39, 0.29) is 24.2 Å². The number of carbonyl (C=O) groups is 2. The number of alkyl carbamates (subject to hydrolysis) is 1. The van der Waals surface area contributed by atoms with Crippen LogP contribution in [0.4, 0.5) is 10.5 Å². The molecule has 46 heavy (non-hydrogen) atoms. The second-order valence-corrected chi connectivity index (χ2v) is 12.5. The normalized spacial score (nSPS) is 18.6. The van der Waals surface area contributed by atoms with Crippen molar-refractivity contribution in [3.8, 4) is 0 Å². The molecule has 5 rings (SSSR count). The molecule has 10 heteroatoms. The zero-order chi connectivity index (χ0) is 32.5. The number of morpholine rings is 1. The number of aryl methyl sites for hydroxylation is 3. The fraction of sp³-hybridized carbons (Fsp3) is 0.361. The molecule has 9 nitrogen and oxygen atoms in total. The van der Waals surface area contributed by atoms with E-state index >= 15 is 0 Å². The lowest BCUT2D eigenvalue weighted by atomic mass is 9.84. The van der Waals surface area contributed by atoms with Gasteiger partial charge < -0.3 is 29.8 Å². The average Bonchev–Trinajstić information content (AvgIpc) is 3.41. The molecule has 0 spiro atoms. The molecule has 0 bridgehead atoms. The number of para-hydroxylation sites is 1. The molecule has 1 aliphatic heterocycles. The molecule has 1 fully saturated rings. The van der Waals surface area contributed by atoms with Gasteiger partial charge >= 0.3 is 6.09 Å². The summed E-state index contributed by atoms with van der Waals surface area (Å²) in [5.41, 5.74) is 4.39. The van der Waals surface area contributed by atoms with Gasteiger partial charge in [0.2, 0.25) is 5.91 Å². The highest BCUT2D eigenvalue weighted by atomic mass is 32.2. The lowest BCUT2D eigenvalue weighted by Crippen LogP contribution is -2.52. The van der Waals surface area contributed by atoms with Crippen LogP contribution in [0.2, 0.25) is 0 Å². The molecule has 0 aliphatic carbocycles. The van der Waals surface area contributed by atoms with Gasteiger partial charge in [0.15, 0.2) is 0 Å². The van der Waals surface area contributed by atoms with E-state index in [1.165, 1.54) is 7.11 Å². The predicted molar refractivity (Wildman–Crippen MR) is 180 cm³/mol. The second-order valence-electron chi connectivity index (χ2n) is 11.5. The SMILES string of the molecule is COC(=O)N[C@H](C(=O)Nc1ccccc1CC[C@@H]1CN[C@H](C)[C@@H](CSc2nc(C)c(C)o2)O1)C(c1ccccc1)c1ccccc1. The summed E-state index contributed by atoms with van der Waals surface area (Å²) >= 11 is 1.57. The minimum absolute atomic E-state index is 0.00395. The van der Waals surface area contributed by atoms with Gasteiger partial charge in [-0.3, -0.25) is 4.79 Å². The fourth-order valence-electron chi connectivity index (χ4n) is 5.65. The van der Waals surface area contributed by atoms with Crippen LogP contribution in [0.1, 0.15) is 47.4 Å². The van der Waals surface area contributed by atoms with Crippen molar-refractivity contribution in [2.45, 2.75) is 69.0 Å². The number of methoxy groups -OCH3 is 1. The van der Waals surface area contributed by atoms with Gasteiger partial charge in [0, 0.05) is 29.9 Å². The summed E-state index contributed by atoms with van der Waals surface area (Å²) in [6.07, 6.45) is 0.802. The van der Waals surface area contributed by atoms with Crippen molar-refractivity contribution < 1.29 is 23.5 Å². The molecule has 3 N–H and O–H groups in total. The van der Waals surface area contributed by atoms with E-state index in [2.05, 4.69) is 27.9 Å². The van der Waals surface area contributed by atoms with Crippen molar-refractivity contribution in [2.75, 3.05) is 24.7 Å². The van der Waals surface area contributed by atoms with Crippen molar-refractivity contribution in [1.29, 1.82) is 0 Å². The highest BCUT2D eigenvalue weighted by Gasteiger charge is 2.33. The highest BCUT2D eigenvalue weighted by molar-refractivity contribution is 7.99. The lowest BCUT2D eigenvalue weighted by Gasteiger charge is -2.35. The summed E-state index contributed by atoms with van der Waals surface area (Å²) in [7, 11) is 1.29. The number of thioether (sulfide) groups is 1. The Bertz CT molecular complexity index is 1520. The quantitative estimate of drug-likeness (QED) is 0.155. The standard InChI is InChI=1S/C36H42N4O5S/c1-23-25(3)44-36(38-23)46-22-31-24(2)37-21-29(45-31)20-19-26-13-11-12-18-30(26)39-34(41)33(40-35(42)43-4)32(27-14-7-5-8-15-27)28-16-9-6-10-17-28/h5-18,24,29,31-33,37H,19-22H2,1-4H3,(H,39,41)(H,40,42)/t24-,29-,31-,33+/m1/s1. The van der Waals surface area contributed by atoms with E-state index in [1.54, 1.807) is 11.8 Å². The summed E-state index contributed by atoms with van der Waals surface area (Å²) in [6.45, 7) is 6.75. The minimum atomic E-state index is -0.938. The molecular formula is C36H42N4O5S. The molecule has 0 radical (unpaired) electrons. The number of aromatic nitrogens is 1. The molecule has 2 heterocycles. The Morgan fingerprint density at radius 1 is 1.00 bits per heavy atom. The number of nitrogens with zero attached hydrogens (tertiary/aromatic N) is 1. The van der Waals surface area contributed by atoms with Crippen molar-refractivity contribution in [2.24, 2.45) is 0 Å². The van der Waals surface area contributed by atoms with Gasteiger partial charge in [-0.25, -0.2) is 9.78 Å². The summed E-state index contributed by atoms with van der Waals surface area (Å²) in [5.74, 6) is 0.783. The van der Waals surface area contributed by atoms with Gasteiger partial charge in [-0.2, -0.15) is 0 Å². The second kappa shape index (κ2) is 15.9. The molecule has 0 saturated carbocycles. The molecule has 3 aromatic carbocycles. The zero-order valence-corrected chi connectivity index (χ0v) is 27.5. The van der Waals surface area contributed by atoms with Crippen LogP contribution in [0.3, 0.4) is 0 Å². The number of hydrogen-bond donors (Lipinski definition) is 3. The molecule has 4 aromatic rings. The zero-order valence-electron chi connectivity index (χ0n) is 26.7. The van der Waals surface area contributed by atoms with Crippen molar-refractivity contribution in [3.63, 3.8) is 0 Å². The number of benzene rings is 3. The number of hydrogen-bond acceptors (Lipinski definition) is 8. The van der Waals surface area contributed by atoms with Crippen molar-refractivity contribution >= 4 is 29.4 Å². The Morgan fingerprint density at radius 2 is 1.65 bits per heavy atom. The molecule has 1 saturated heterocycles. The van der Waals surface area contributed by atoms with Crippen LogP contribution >= 0.6 is 11.8 Å². The summed E-state index contributed by atoms with van der Waals surface area (Å²) in [4.78, 5) is 31.1. The predicted octanol–water partition coefficient (Wildman–Crippen LogP) is 6.26. The molecule has 242 valence electrons. The third-order valence-corrected chi connectivity index (χ3v) is 9.29. The van der Waals surface area contributed by atoms with E-state index in [4.69, 9.17) is 13.9 Å². The summed E-state index contributed by atoms with van der Waals surface area (Å²) in [5, 5.41) is 10.2. The van der Waals surface area contributed by atoms with Gasteiger partial charge in [-0.05, 0) is 56.4 Å². The van der Waals surface area contributed by atoms with E-state index in [0.717, 1.165) is 46.9 Å². The summed E-state index contributed by atoms with van der Waals surface area (Å²) in [6, 6.07) is 26.4. The first kappa shape index (κ1) is 33.2. The van der Waals surface area contributed by atoms with Crippen LogP contribution in [-0.4, -0.2) is 60.7 Å². The van der Waals surface area contributed by atoms with Crippen LogP contribution in [0, 0.1) is 13.8 Å². The lowest BCUT2D eigenvalue weighted by molar-refractivity contribution is -0.118. The Labute approximate surface area is 274 Å². The van der Waals surface area contributed by atoms with Gasteiger partial charge in [-0.1, -0.05) is 90.6 Å². The van der Waals surface area contributed by atoms with Crippen LogP contribution in [0.25, 0.3) is 0 Å². The van der Waals surface area contributed by atoms with Crippen LogP contribution in [0.5, 0.6) is 0 Å².